The lowest BCUT2D eigenvalue weighted by molar-refractivity contribution is -0.116. The molecule has 1 atom stereocenters. The molecule has 4 nitrogen and oxygen atoms in total. The summed E-state index contributed by atoms with van der Waals surface area (Å²) in [4.78, 5) is 25.5. The molecule has 2 heterocycles. The molecule has 112 valence electrons. The highest BCUT2D eigenvalue weighted by molar-refractivity contribution is 8.07. The van der Waals surface area contributed by atoms with Crippen LogP contribution in [0.5, 0.6) is 0 Å². The molecule has 6 heteroatoms. The summed E-state index contributed by atoms with van der Waals surface area (Å²) in [7, 11) is 0. The molecule has 21 heavy (non-hydrogen) atoms. The van der Waals surface area contributed by atoms with Crippen molar-refractivity contribution in [2.45, 2.75) is 18.6 Å². The van der Waals surface area contributed by atoms with Crippen LogP contribution in [0, 0.1) is 0 Å². The Kier molecular flexibility index (Phi) is 4.45. The van der Waals surface area contributed by atoms with Crippen LogP contribution in [-0.2, 0) is 16.0 Å². The Balaban J connectivity index is 1.70. The normalized spacial score (nSPS) is 21.0. The zero-order chi connectivity index (χ0) is 14.8. The molecule has 0 aromatic heterocycles. The van der Waals surface area contributed by atoms with Crippen LogP contribution in [0.2, 0.25) is 0 Å². The summed E-state index contributed by atoms with van der Waals surface area (Å²) >= 11 is 3.57. The number of amides is 2. The molecule has 2 aliphatic heterocycles. The Hall–Kier alpha value is -1.14. The zero-order valence-corrected chi connectivity index (χ0v) is 13.6. The van der Waals surface area contributed by atoms with E-state index in [9.17, 15) is 9.59 Å². The average molecular weight is 322 g/mol. The topological polar surface area (TPSA) is 49.4 Å². The molecular weight excluding hydrogens is 304 g/mol. The highest BCUT2D eigenvalue weighted by atomic mass is 32.2. The van der Waals surface area contributed by atoms with Crippen LogP contribution in [0.25, 0.3) is 0 Å². The molecule has 0 aliphatic carbocycles. The fraction of sp³-hybridized carbons (Fsp3) is 0.467. The van der Waals surface area contributed by atoms with Crippen LogP contribution in [-0.4, -0.2) is 40.9 Å². The van der Waals surface area contributed by atoms with Crippen LogP contribution in [0.4, 0.5) is 11.4 Å². The molecule has 1 unspecified atom stereocenters. The van der Waals surface area contributed by atoms with E-state index in [-0.39, 0.29) is 17.1 Å². The van der Waals surface area contributed by atoms with Gasteiger partial charge in [0.25, 0.3) is 0 Å². The number of carbonyl (C=O) groups is 2. The second-order valence-electron chi connectivity index (χ2n) is 5.19. The van der Waals surface area contributed by atoms with Crippen molar-refractivity contribution in [2.75, 3.05) is 34.0 Å². The first-order valence-corrected chi connectivity index (χ1v) is 9.27. The van der Waals surface area contributed by atoms with Gasteiger partial charge in [-0.25, -0.2) is 0 Å². The predicted octanol–water partition coefficient (Wildman–Crippen LogP) is 2.38. The van der Waals surface area contributed by atoms with E-state index >= 15 is 0 Å². The van der Waals surface area contributed by atoms with Crippen molar-refractivity contribution in [3.05, 3.63) is 23.8 Å². The number of benzene rings is 1. The summed E-state index contributed by atoms with van der Waals surface area (Å²) in [6, 6.07) is 5.82. The van der Waals surface area contributed by atoms with E-state index in [1.54, 1.807) is 23.6 Å². The Morgan fingerprint density at radius 3 is 2.90 bits per heavy atom. The molecule has 0 bridgehead atoms. The van der Waals surface area contributed by atoms with Gasteiger partial charge >= 0.3 is 0 Å². The third-order valence-electron chi connectivity index (χ3n) is 3.73. The standard InChI is InChI=1S/C15H18N2O2S2/c1-10(18)17-5-4-11-8-12(2-3-13(11)17)16-15(19)14-9-20-6-7-21-14/h2-3,8,14H,4-7,9H2,1H3,(H,16,19). The van der Waals surface area contributed by atoms with Gasteiger partial charge in [-0.15, -0.1) is 11.8 Å². The number of nitrogens with one attached hydrogen (secondary N) is 1. The lowest BCUT2D eigenvalue weighted by Gasteiger charge is -2.20. The lowest BCUT2D eigenvalue weighted by atomic mass is 10.1. The van der Waals surface area contributed by atoms with Gasteiger partial charge in [0, 0.05) is 42.1 Å². The largest absolute Gasteiger partial charge is 0.325 e. The SMILES string of the molecule is CC(=O)N1CCc2cc(NC(=O)C3CSCCS3)ccc21. The molecule has 3 rings (SSSR count). The summed E-state index contributed by atoms with van der Waals surface area (Å²) in [5.41, 5.74) is 2.94. The minimum atomic E-state index is 0.0470. The highest BCUT2D eigenvalue weighted by Gasteiger charge is 2.24. The van der Waals surface area contributed by atoms with Crippen LogP contribution in [0.15, 0.2) is 18.2 Å². The first-order valence-electron chi connectivity index (χ1n) is 7.06. The smallest absolute Gasteiger partial charge is 0.238 e. The van der Waals surface area contributed by atoms with E-state index in [0.29, 0.717) is 0 Å². The molecule has 1 saturated heterocycles. The zero-order valence-electron chi connectivity index (χ0n) is 11.9. The maximum absolute atomic E-state index is 12.2. The molecule has 1 fully saturated rings. The highest BCUT2D eigenvalue weighted by Crippen LogP contribution is 2.31. The molecule has 0 spiro atoms. The van der Waals surface area contributed by atoms with Gasteiger partial charge in [0.2, 0.25) is 11.8 Å². The van der Waals surface area contributed by atoms with E-state index < -0.39 is 0 Å². The first-order chi connectivity index (χ1) is 10.1. The summed E-state index contributed by atoms with van der Waals surface area (Å²) in [6.45, 7) is 2.32. The Morgan fingerprint density at radius 2 is 2.19 bits per heavy atom. The molecule has 2 amide bonds. The number of thioether (sulfide) groups is 2. The van der Waals surface area contributed by atoms with Gasteiger partial charge in [0.1, 0.15) is 0 Å². The molecule has 1 aromatic rings. The van der Waals surface area contributed by atoms with Crippen molar-refractivity contribution in [3.63, 3.8) is 0 Å². The summed E-state index contributed by atoms with van der Waals surface area (Å²) < 4.78 is 0. The van der Waals surface area contributed by atoms with E-state index in [1.165, 1.54) is 0 Å². The maximum atomic E-state index is 12.2. The van der Waals surface area contributed by atoms with Crippen molar-refractivity contribution in [1.29, 1.82) is 0 Å². The van der Waals surface area contributed by atoms with Gasteiger partial charge in [0.05, 0.1) is 5.25 Å². The second-order valence-corrected chi connectivity index (χ2v) is 7.65. The first kappa shape index (κ1) is 14.8. The van der Waals surface area contributed by atoms with Crippen molar-refractivity contribution in [1.82, 2.24) is 0 Å². The van der Waals surface area contributed by atoms with Crippen molar-refractivity contribution < 1.29 is 9.59 Å². The Labute approximate surface area is 133 Å². The predicted molar refractivity (Wildman–Crippen MR) is 90.4 cm³/mol. The molecule has 0 saturated carbocycles. The molecule has 2 aliphatic rings. The average Bonchev–Trinajstić information content (AvgIpc) is 2.91. The third kappa shape index (κ3) is 3.21. The Morgan fingerprint density at radius 1 is 1.33 bits per heavy atom. The minimum absolute atomic E-state index is 0.0470. The number of hydrogen-bond acceptors (Lipinski definition) is 4. The quantitative estimate of drug-likeness (QED) is 0.908. The van der Waals surface area contributed by atoms with E-state index in [2.05, 4.69) is 5.32 Å². The van der Waals surface area contributed by atoms with Crippen LogP contribution in [0.3, 0.4) is 0 Å². The van der Waals surface area contributed by atoms with Gasteiger partial charge in [-0.1, -0.05) is 0 Å². The maximum Gasteiger partial charge on any atom is 0.238 e. The number of fused-ring (bicyclic) bond motifs is 1. The van der Waals surface area contributed by atoms with Gasteiger partial charge < -0.3 is 10.2 Å². The number of nitrogens with zero attached hydrogens (tertiary/aromatic N) is 1. The van der Waals surface area contributed by atoms with Crippen LogP contribution >= 0.6 is 23.5 Å². The number of anilines is 2. The number of rotatable bonds is 2. The third-order valence-corrected chi connectivity index (χ3v) is 6.49. The van der Waals surface area contributed by atoms with Gasteiger partial charge in [-0.3, -0.25) is 9.59 Å². The molecule has 1 N–H and O–H groups in total. The van der Waals surface area contributed by atoms with Crippen molar-refractivity contribution in [3.8, 4) is 0 Å². The van der Waals surface area contributed by atoms with Gasteiger partial charge in [-0.05, 0) is 30.2 Å². The summed E-state index contributed by atoms with van der Waals surface area (Å²) in [5.74, 6) is 3.23. The second kappa shape index (κ2) is 6.32. The number of carbonyl (C=O) groups excluding carboxylic acids is 2. The summed E-state index contributed by atoms with van der Waals surface area (Å²) in [5, 5.41) is 3.06. The van der Waals surface area contributed by atoms with Crippen LogP contribution in [0.1, 0.15) is 12.5 Å². The minimum Gasteiger partial charge on any atom is -0.325 e. The van der Waals surface area contributed by atoms with Crippen molar-refractivity contribution >= 4 is 46.7 Å². The Bertz CT molecular complexity index is 571. The van der Waals surface area contributed by atoms with E-state index in [0.717, 1.165) is 47.2 Å². The fourth-order valence-corrected chi connectivity index (χ4v) is 5.23. The van der Waals surface area contributed by atoms with Crippen LogP contribution < -0.4 is 10.2 Å². The summed E-state index contributed by atoms with van der Waals surface area (Å²) in [6.07, 6.45) is 0.854. The fourth-order valence-electron chi connectivity index (χ4n) is 2.67. The molecule has 0 radical (unpaired) electrons. The van der Waals surface area contributed by atoms with E-state index in [1.807, 2.05) is 30.0 Å². The lowest BCUT2D eigenvalue weighted by Crippen LogP contribution is -2.30. The van der Waals surface area contributed by atoms with Crippen molar-refractivity contribution in [2.24, 2.45) is 0 Å². The number of hydrogen-bond donors (Lipinski definition) is 1. The molecular formula is C15H18N2O2S2. The van der Waals surface area contributed by atoms with Gasteiger partial charge in [-0.2, -0.15) is 11.8 Å². The van der Waals surface area contributed by atoms with E-state index in [4.69, 9.17) is 0 Å². The van der Waals surface area contributed by atoms with Gasteiger partial charge in [0.15, 0.2) is 0 Å². The monoisotopic (exact) mass is 322 g/mol. The molecule has 1 aromatic carbocycles.